The van der Waals surface area contributed by atoms with Gasteiger partial charge in [0.05, 0.1) is 15.7 Å². The highest BCUT2D eigenvalue weighted by atomic mass is 35.5. The second-order valence-corrected chi connectivity index (χ2v) is 2.81. The minimum Gasteiger partial charge on any atom is -0.293 e. The fourth-order valence-corrected chi connectivity index (χ4v) is 1.18. The Bertz CT molecular complexity index is 323. The van der Waals surface area contributed by atoms with Crippen LogP contribution in [0.3, 0.4) is 0 Å². The molecule has 1 N–H and O–H groups in total. The van der Waals surface area contributed by atoms with E-state index in [1.165, 1.54) is 12.1 Å². The molecule has 0 saturated carbocycles. The van der Waals surface area contributed by atoms with E-state index in [0.29, 0.717) is 5.69 Å². The van der Waals surface area contributed by atoms with E-state index in [1.54, 1.807) is 6.19 Å². The van der Waals surface area contributed by atoms with Crippen molar-refractivity contribution in [3.8, 4) is 6.19 Å². The number of anilines is 1. The number of halogens is 3. The molecule has 0 aliphatic carbocycles. The molecule has 0 aliphatic rings. The first-order valence-corrected chi connectivity index (χ1v) is 3.70. The summed E-state index contributed by atoms with van der Waals surface area (Å²) in [4.78, 5) is 0. The monoisotopic (exact) mass is 204 g/mol. The van der Waals surface area contributed by atoms with Crippen molar-refractivity contribution < 1.29 is 4.39 Å². The molecule has 0 amide bonds. The summed E-state index contributed by atoms with van der Waals surface area (Å²) in [5.41, 5.74) is 0.369. The molecule has 0 radical (unpaired) electrons. The lowest BCUT2D eigenvalue weighted by molar-refractivity contribution is 0.629. The lowest BCUT2D eigenvalue weighted by Gasteiger charge is -2.00. The zero-order valence-electron chi connectivity index (χ0n) is 5.74. The van der Waals surface area contributed by atoms with E-state index >= 15 is 0 Å². The second kappa shape index (κ2) is 3.61. The predicted molar refractivity (Wildman–Crippen MR) is 45.7 cm³/mol. The lowest BCUT2D eigenvalue weighted by Crippen LogP contribution is -1.89. The highest BCUT2D eigenvalue weighted by Gasteiger charge is 2.06. The van der Waals surface area contributed by atoms with Gasteiger partial charge in [0.2, 0.25) is 0 Å². The van der Waals surface area contributed by atoms with Gasteiger partial charge >= 0.3 is 0 Å². The van der Waals surface area contributed by atoms with Crippen LogP contribution in [0.2, 0.25) is 10.0 Å². The first kappa shape index (κ1) is 9.11. The molecule has 62 valence electrons. The van der Waals surface area contributed by atoms with Gasteiger partial charge < -0.3 is 0 Å². The van der Waals surface area contributed by atoms with Crippen LogP contribution in [0.4, 0.5) is 10.1 Å². The maximum absolute atomic E-state index is 12.8. The molecular formula is C7H3Cl2FN2. The molecular weight excluding hydrogens is 202 g/mol. The van der Waals surface area contributed by atoms with Gasteiger partial charge in [-0.3, -0.25) is 5.32 Å². The molecule has 1 aromatic rings. The average Bonchev–Trinajstić information content (AvgIpc) is 2.01. The van der Waals surface area contributed by atoms with Gasteiger partial charge in [-0.15, -0.1) is 0 Å². The lowest BCUT2D eigenvalue weighted by atomic mass is 10.3. The SMILES string of the molecule is N#CNc1cc(Cl)c(F)c(Cl)c1. The Hall–Kier alpha value is -0.980. The third kappa shape index (κ3) is 1.79. The maximum atomic E-state index is 12.8. The summed E-state index contributed by atoms with van der Waals surface area (Å²) < 4.78 is 12.8. The van der Waals surface area contributed by atoms with Crippen molar-refractivity contribution in [2.24, 2.45) is 0 Å². The minimum absolute atomic E-state index is 0.111. The van der Waals surface area contributed by atoms with Gasteiger partial charge in [0.15, 0.2) is 12.0 Å². The molecule has 0 atom stereocenters. The predicted octanol–water partition coefficient (Wildman–Crippen LogP) is 3.03. The van der Waals surface area contributed by atoms with Crippen molar-refractivity contribution in [1.29, 1.82) is 5.26 Å². The molecule has 0 unspecified atom stereocenters. The van der Waals surface area contributed by atoms with E-state index in [2.05, 4.69) is 5.32 Å². The van der Waals surface area contributed by atoms with Gasteiger partial charge in [0, 0.05) is 0 Å². The quantitative estimate of drug-likeness (QED) is 0.434. The van der Waals surface area contributed by atoms with Crippen molar-refractivity contribution in [3.63, 3.8) is 0 Å². The highest BCUT2D eigenvalue weighted by molar-refractivity contribution is 6.35. The van der Waals surface area contributed by atoms with Crippen LogP contribution in [-0.4, -0.2) is 0 Å². The van der Waals surface area contributed by atoms with Gasteiger partial charge in [-0.05, 0) is 12.1 Å². The van der Waals surface area contributed by atoms with Crippen LogP contribution in [0, 0.1) is 17.3 Å². The topological polar surface area (TPSA) is 35.8 Å². The van der Waals surface area contributed by atoms with E-state index in [4.69, 9.17) is 28.5 Å². The zero-order chi connectivity index (χ0) is 9.14. The molecule has 0 spiro atoms. The van der Waals surface area contributed by atoms with Gasteiger partial charge in [0.25, 0.3) is 0 Å². The first-order chi connectivity index (χ1) is 5.65. The summed E-state index contributed by atoms with van der Waals surface area (Å²) >= 11 is 10.9. The van der Waals surface area contributed by atoms with Crippen LogP contribution in [0.25, 0.3) is 0 Å². The normalized spacial score (nSPS) is 9.17. The Morgan fingerprint density at radius 3 is 2.25 bits per heavy atom. The van der Waals surface area contributed by atoms with Crippen LogP contribution in [0.15, 0.2) is 12.1 Å². The smallest absolute Gasteiger partial charge is 0.181 e. The molecule has 0 aromatic heterocycles. The molecule has 5 heteroatoms. The number of nitrogens with one attached hydrogen (secondary N) is 1. The van der Waals surface area contributed by atoms with Crippen molar-refractivity contribution in [1.82, 2.24) is 0 Å². The Balaban J connectivity index is 3.14. The summed E-state index contributed by atoms with van der Waals surface area (Å²) in [7, 11) is 0. The zero-order valence-corrected chi connectivity index (χ0v) is 7.25. The van der Waals surface area contributed by atoms with Crippen LogP contribution in [0.1, 0.15) is 0 Å². The standard InChI is InChI=1S/C7H3Cl2FN2/c8-5-1-4(12-3-11)2-6(9)7(5)10/h1-2,12H. The molecule has 0 saturated heterocycles. The molecule has 1 rings (SSSR count). The van der Waals surface area contributed by atoms with Crippen LogP contribution in [0.5, 0.6) is 0 Å². The van der Waals surface area contributed by atoms with E-state index in [0.717, 1.165) is 0 Å². The third-order valence-electron chi connectivity index (χ3n) is 1.18. The Morgan fingerprint density at radius 1 is 1.33 bits per heavy atom. The number of hydrogen-bond donors (Lipinski definition) is 1. The molecule has 0 heterocycles. The van der Waals surface area contributed by atoms with Crippen LogP contribution >= 0.6 is 23.2 Å². The maximum Gasteiger partial charge on any atom is 0.181 e. The number of hydrogen-bond acceptors (Lipinski definition) is 2. The molecule has 0 aliphatic heterocycles. The molecule has 12 heavy (non-hydrogen) atoms. The summed E-state index contributed by atoms with van der Waals surface area (Å²) in [6.07, 6.45) is 1.67. The summed E-state index contributed by atoms with van der Waals surface area (Å²) in [5, 5.41) is 10.3. The van der Waals surface area contributed by atoms with Crippen molar-refractivity contribution in [2.75, 3.05) is 5.32 Å². The van der Waals surface area contributed by atoms with Crippen LogP contribution in [-0.2, 0) is 0 Å². The number of benzene rings is 1. The summed E-state index contributed by atoms with van der Waals surface area (Å²) in [6, 6.07) is 2.57. The minimum atomic E-state index is -0.679. The van der Waals surface area contributed by atoms with E-state index < -0.39 is 5.82 Å². The largest absolute Gasteiger partial charge is 0.293 e. The number of rotatable bonds is 1. The summed E-state index contributed by atoms with van der Waals surface area (Å²) in [5.74, 6) is -0.679. The highest BCUT2D eigenvalue weighted by Crippen LogP contribution is 2.26. The van der Waals surface area contributed by atoms with Gasteiger partial charge in [-0.25, -0.2) is 4.39 Å². The van der Waals surface area contributed by atoms with Gasteiger partial charge in [-0.2, -0.15) is 5.26 Å². The number of nitriles is 1. The Morgan fingerprint density at radius 2 is 1.83 bits per heavy atom. The first-order valence-electron chi connectivity index (χ1n) is 2.95. The van der Waals surface area contributed by atoms with Crippen molar-refractivity contribution >= 4 is 28.9 Å². The van der Waals surface area contributed by atoms with E-state index in [9.17, 15) is 4.39 Å². The van der Waals surface area contributed by atoms with E-state index in [1.807, 2.05) is 0 Å². The fourth-order valence-electron chi connectivity index (χ4n) is 0.692. The molecule has 0 fully saturated rings. The van der Waals surface area contributed by atoms with Gasteiger partial charge in [-0.1, -0.05) is 23.2 Å². The van der Waals surface area contributed by atoms with E-state index in [-0.39, 0.29) is 10.0 Å². The van der Waals surface area contributed by atoms with Crippen molar-refractivity contribution in [2.45, 2.75) is 0 Å². The molecule has 2 nitrogen and oxygen atoms in total. The molecule has 0 bridgehead atoms. The second-order valence-electron chi connectivity index (χ2n) is 1.99. The van der Waals surface area contributed by atoms with Gasteiger partial charge in [0.1, 0.15) is 0 Å². The third-order valence-corrected chi connectivity index (χ3v) is 1.73. The van der Waals surface area contributed by atoms with Crippen LogP contribution < -0.4 is 5.32 Å². The average molecular weight is 205 g/mol. The molecule has 1 aromatic carbocycles. The van der Waals surface area contributed by atoms with Crippen molar-refractivity contribution in [3.05, 3.63) is 28.0 Å². The Labute approximate surface area is 78.5 Å². The summed E-state index contributed by atoms with van der Waals surface area (Å²) in [6.45, 7) is 0. The number of nitrogens with zero attached hydrogens (tertiary/aromatic N) is 1. The Kier molecular flexibility index (Phi) is 2.74. The fraction of sp³-hybridized carbons (Fsp3) is 0.